The van der Waals surface area contributed by atoms with Crippen LogP contribution in [0.2, 0.25) is 0 Å². The molecule has 0 unspecified atom stereocenters. The number of phenolic OH excluding ortho intramolecular Hbond substituents is 1. The number of nitrogens with zero attached hydrogens (tertiary/aromatic N) is 4. The molecule has 0 saturated heterocycles. The predicted octanol–water partition coefficient (Wildman–Crippen LogP) is 3.60. The molecule has 27 heavy (non-hydrogen) atoms. The molecule has 1 aromatic heterocycles. The van der Waals surface area contributed by atoms with Gasteiger partial charge in [-0.3, -0.25) is 4.79 Å². The first kappa shape index (κ1) is 20.9. The van der Waals surface area contributed by atoms with Crippen molar-refractivity contribution in [2.45, 2.75) is 65.2 Å². The zero-order valence-electron chi connectivity index (χ0n) is 16.9. The summed E-state index contributed by atoms with van der Waals surface area (Å²) in [5.41, 5.74) is 1.19. The van der Waals surface area contributed by atoms with E-state index in [4.69, 9.17) is 4.74 Å². The first-order valence-corrected chi connectivity index (χ1v) is 9.48. The second-order valence-corrected chi connectivity index (χ2v) is 7.53. The third-order valence-corrected chi connectivity index (χ3v) is 4.76. The van der Waals surface area contributed by atoms with Crippen LogP contribution in [0.1, 0.15) is 75.1 Å². The maximum Gasteiger partial charge on any atom is 0.180 e. The van der Waals surface area contributed by atoms with Crippen LogP contribution in [0.25, 0.3) is 0 Å². The number of ether oxygens (including phenoxy) is 1. The topological polar surface area (TPSA) is 90.1 Å². The number of rotatable bonds is 10. The summed E-state index contributed by atoms with van der Waals surface area (Å²) in [7, 11) is 1.77. The van der Waals surface area contributed by atoms with Crippen LogP contribution in [0.4, 0.5) is 0 Å². The van der Waals surface area contributed by atoms with Gasteiger partial charge in [-0.1, -0.05) is 33.6 Å². The summed E-state index contributed by atoms with van der Waals surface area (Å²) in [4.78, 5) is 13.0. The summed E-state index contributed by atoms with van der Waals surface area (Å²) in [6, 6.07) is 3.28. The highest BCUT2D eigenvalue weighted by Crippen LogP contribution is 2.30. The molecular formula is C20H30N4O3. The molecule has 0 bridgehead atoms. The number of carbonyl (C=O) groups is 1. The molecule has 0 aliphatic carbocycles. The molecule has 0 amide bonds. The zero-order valence-corrected chi connectivity index (χ0v) is 16.9. The van der Waals surface area contributed by atoms with Crippen molar-refractivity contribution in [2.24, 2.45) is 7.05 Å². The first-order valence-electron chi connectivity index (χ1n) is 9.48. The standard InChI is InChI=1S/C20H30N4O3/c1-6-15-12-16(14(2)25)17(26)13-18(15)27-11-9-7-8-10-20(3,4)19-21-23-24(5)22-19/h12-13,26H,6-11H2,1-5H3. The van der Waals surface area contributed by atoms with Crippen molar-refractivity contribution >= 4 is 5.78 Å². The van der Waals surface area contributed by atoms with Crippen molar-refractivity contribution in [3.05, 3.63) is 29.1 Å². The molecule has 0 atom stereocenters. The second kappa shape index (κ2) is 8.97. The molecule has 148 valence electrons. The number of phenols is 1. The van der Waals surface area contributed by atoms with Crippen LogP contribution >= 0.6 is 0 Å². The monoisotopic (exact) mass is 374 g/mol. The van der Waals surface area contributed by atoms with E-state index in [0.29, 0.717) is 17.9 Å². The van der Waals surface area contributed by atoms with Gasteiger partial charge in [0.2, 0.25) is 0 Å². The Bertz CT molecular complexity index is 784. The highest BCUT2D eigenvalue weighted by molar-refractivity contribution is 5.97. The van der Waals surface area contributed by atoms with Crippen LogP contribution < -0.4 is 4.74 Å². The first-order chi connectivity index (χ1) is 12.7. The fraction of sp³-hybridized carbons (Fsp3) is 0.600. The lowest BCUT2D eigenvalue weighted by atomic mass is 9.86. The number of Topliss-reactive ketones (excluding diaryl/α,β-unsaturated/α-hetero) is 1. The van der Waals surface area contributed by atoms with Gasteiger partial charge >= 0.3 is 0 Å². The van der Waals surface area contributed by atoms with Crippen molar-refractivity contribution in [2.75, 3.05) is 6.61 Å². The fourth-order valence-corrected chi connectivity index (χ4v) is 3.00. The summed E-state index contributed by atoms with van der Waals surface area (Å²) < 4.78 is 5.85. The van der Waals surface area contributed by atoms with Crippen molar-refractivity contribution in [3.63, 3.8) is 0 Å². The lowest BCUT2D eigenvalue weighted by molar-refractivity contribution is 0.101. The Hall–Kier alpha value is -2.44. The molecule has 1 heterocycles. The van der Waals surface area contributed by atoms with Gasteiger partial charge in [0.05, 0.1) is 19.2 Å². The Kier molecular flexibility index (Phi) is 6.93. The maximum absolute atomic E-state index is 11.5. The second-order valence-electron chi connectivity index (χ2n) is 7.53. The average molecular weight is 374 g/mol. The van der Waals surface area contributed by atoms with Crippen LogP contribution in [0, 0.1) is 0 Å². The van der Waals surface area contributed by atoms with Gasteiger partial charge in [-0.25, -0.2) is 0 Å². The largest absolute Gasteiger partial charge is 0.507 e. The van der Waals surface area contributed by atoms with Crippen molar-refractivity contribution < 1.29 is 14.6 Å². The van der Waals surface area contributed by atoms with E-state index in [-0.39, 0.29) is 16.9 Å². The van der Waals surface area contributed by atoms with E-state index in [9.17, 15) is 9.90 Å². The Morgan fingerprint density at radius 3 is 2.59 bits per heavy atom. The van der Waals surface area contributed by atoms with Crippen LogP contribution in [-0.2, 0) is 18.9 Å². The van der Waals surface area contributed by atoms with Crippen LogP contribution in [0.3, 0.4) is 0 Å². The Balaban J connectivity index is 1.80. The van der Waals surface area contributed by atoms with Gasteiger partial charge in [-0.05, 0) is 43.0 Å². The minimum absolute atomic E-state index is 0.0204. The highest BCUT2D eigenvalue weighted by Gasteiger charge is 2.25. The predicted molar refractivity (Wildman–Crippen MR) is 103 cm³/mol. The minimum Gasteiger partial charge on any atom is -0.507 e. The molecule has 0 aliphatic heterocycles. The molecule has 0 fully saturated rings. The van der Waals surface area contributed by atoms with Crippen molar-refractivity contribution in [1.82, 2.24) is 20.2 Å². The van der Waals surface area contributed by atoms with Gasteiger partial charge in [0.15, 0.2) is 11.6 Å². The Morgan fingerprint density at radius 1 is 1.26 bits per heavy atom. The molecule has 2 aromatic rings. The van der Waals surface area contributed by atoms with E-state index in [1.165, 1.54) is 11.7 Å². The van der Waals surface area contributed by atoms with Crippen molar-refractivity contribution in [3.8, 4) is 11.5 Å². The number of hydrogen-bond donors (Lipinski definition) is 1. The van der Waals surface area contributed by atoms with Crippen LogP contribution in [-0.4, -0.2) is 37.7 Å². The van der Waals surface area contributed by atoms with E-state index in [1.54, 1.807) is 19.2 Å². The Labute approximate surface area is 160 Å². The normalized spacial score (nSPS) is 11.6. The molecular weight excluding hydrogens is 344 g/mol. The van der Waals surface area contributed by atoms with Gasteiger partial charge in [-0.15, -0.1) is 10.2 Å². The fourth-order valence-electron chi connectivity index (χ4n) is 3.00. The minimum atomic E-state index is -0.144. The molecule has 0 spiro atoms. The highest BCUT2D eigenvalue weighted by atomic mass is 16.5. The van der Waals surface area contributed by atoms with Crippen LogP contribution in [0.5, 0.6) is 11.5 Å². The number of ketones is 1. The third kappa shape index (κ3) is 5.52. The van der Waals surface area contributed by atoms with Gasteiger partial charge in [-0.2, -0.15) is 4.80 Å². The van der Waals surface area contributed by atoms with E-state index in [2.05, 4.69) is 29.3 Å². The van der Waals surface area contributed by atoms with Crippen molar-refractivity contribution in [1.29, 1.82) is 0 Å². The summed E-state index contributed by atoms with van der Waals surface area (Å²) >= 11 is 0. The number of carbonyl (C=O) groups excluding carboxylic acids is 1. The van der Waals surface area contributed by atoms with E-state index >= 15 is 0 Å². The molecule has 7 nitrogen and oxygen atoms in total. The third-order valence-electron chi connectivity index (χ3n) is 4.76. The SMILES string of the molecule is CCc1cc(C(C)=O)c(O)cc1OCCCCCC(C)(C)c1nnn(C)n1. The number of tetrazole rings is 1. The zero-order chi connectivity index (χ0) is 20.0. The summed E-state index contributed by atoms with van der Waals surface area (Å²) in [6.07, 6.45) is 4.72. The molecule has 7 heteroatoms. The van der Waals surface area contributed by atoms with Gasteiger partial charge in [0.25, 0.3) is 0 Å². The van der Waals surface area contributed by atoms with E-state index in [1.807, 2.05) is 6.92 Å². The quantitative estimate of drug-likeness (QED) is 0.505. The van der Waals surface area contributed by atoms with Gasteiger partial charge in [0.1, 0.15) is 11.5 Å². The summed E-state index contributed by atoms with van der Waals surface area (Å²) in [6.45, 7) is 8.30. The number of aromatic nitrogens is 4. The summed E-state index contributed by atoms with van der Waals surface area (Å²) in [5, 5.41) is 22.3. The summed E-state index contributed by atoms with van der Waals surface area (Å²) in [5.74, 6) is 1.26. The van der Waals surface area contributed by atoms with Gasteiger partial charge in [0, 0.05) is 11.5 Å². The Morgan fingerprint density at radius 2 is 2.00 bits per heavy atom. The molecule has 2 rings (SSSR count). The lowest BCUT2D eigenvalue weighted by Gasteiger charge is -2.20. The molecule has 0 radical (unpaired) electrons. The number of aryl methyl sites for hydroxylation is 2. The number of benzene rings is 1. The average Bonchev–Trinajstić information content (AvgIpc) is 3.05. The molecule has 0 aliphatic rings. The lowest BCUT2D eigenvalue weighted by Crippen LogP contribution is -2.19. The van der Waals surface area contributed by atoms with Crippen LogP contribution in [0.15, 0.2) is 12.1 Å². The number of unbranched alkanes of at least 4 members (excludes halogenated alkanes) is 2. The number of aromatic hydroxyl groups is 1. The van der Waals surface area contributed by atoms with E-state index < -0.39 is 0 Å². The smallest absolute Gasteiger partial charge is 0.180 e. The maximum atomic E-state index is 11.5. The molecule has 0 saturated carbocycles. The van der Waals surface area contributed by atoms with Gasteiger partial charge < -0.3 is 9.84 Å². The molecule has 1 N–H and O–H groups in total. The van der Waals surface area contributed by atoms with E-state index in [0.717, 1.165) is 43.5 Å². The molecule has 1 aromatic carbocycles. The number of hydrogen-bond acceptors (Lipinski definition) is 6.